The largest absolute Gasteiger partial charge is 0.480 e. The van der Waals surface area contributed by atoms with Gasteiger partial charge in [0.1, 0.15) is 12.4 Å². The molecule has 0 heterocycles. The Bertz CT molecular complexity index is 591. The van der Waals surface area contributed by atoms with Crippen LogP contribution in [0.5, 0.6) is 0 Å². The predicted molar refractivity (Wildman–Crippen MR) is 73.5 cm³/mol. The van der Waals surface area contributed by atoms with E-state index in [2.05, 4.69) is 0 Å². The molecular formula is C12H15ClFNO4S. The highest BCUT2D eigenvalue weighted by Gasteiger charge is 2.24. The van der Waals surface area contributed by atoms with Crippen LogP contribution in [0, 0.1) is 5.82 Å². The lowest BCUT2D eigenvalue weighted by Crippen LogP contribution is -2.37. The molecular weight excluding hydrogens is 309 g/mol. The smallest absolute Gasteiger partial charge is 0.318 e. The fraction of sp³-hybridized carbons (Fsp3) is 0.417. The Balaban J connectivity index is 2.95. The van der Waals surface area contributed by atoms with E-state index >= 15 is 0 Å². The zero-order valence-corrected chi connectivity index (χ0v) is 12.4. The van der Waals surface area contributed by atoms with Crippen molar-refractivity contribution in [2.24, 2.45) is 0 Å². The number of carboxylic acids is 1. The van der Waals surface area contributed by atoms with Crippen molar-refractivity contribution < 1.29 is 22.7 Å². The van der Waals surface area contributed by atoms with Gasteiger partial charge < -0.3 is 5.11 Å². The summed E-state index contributed by atoms with van der Waals surface area (Å²) in [5.41, 5.74) is 0.308. The van der Waals surface area contributed by atoms with Gasteiger partial charge in [0.15, 0.2) is 0 Å². The normalized spacial score (nSPS) is 11.8. The first-order chi connectivity index (χ1) is 9.26. The van der Waals surface area contributed by atoms with Gasteiger partial charge >= 0.3 is 5.97 Å². The van der Waals surface area contributed by atoms with Crippen molar-refractivity contribution in [1.29, 1.82) is 0 Å². The maximum atomic E-state index is 13.0. The number of sulfonamides is 1. The maximum Gasteiger partial charge on any atom is 0.318 e. The van der Waals surface area contributed by atoms with Crippen LogP contribution >= 0.6 is 11.6 Å². The van der Waals surface area contributed by atoms with Crippen molar-refractivity contribution in [3.8, 4) is 0 Å². The Morgan fingerprint density at radius 1 is 1.45 bits per heavy atom. The van der Waals surface area contributed by atoms with E-state index in [9.17, 15) is 17.6 Å². The molecule has 0 amide bonds. The molecule has 0 unspecified atom stereocenters. The lowest BCUT2D eigenvalue weighted by Gasteiger charge is -2.19. The van der Waals surface area contributed by atoms with Gasteiger partial charge in [0.2, 0.25) is 10.0 Å². The van der Waals surface area contributed by atoms with Gasteiger partial charge in [0, 0.05) is 6.54 Å². The van der Waals surface area contributed by atoms with Crippen molar-refractivity contribution >= 4 is 27.6 Å². The van der Waals surface area contributed by atoms with Crippen LogP contribution in [-0.4, -0.2) is 36.9 Å². The standard InChI is InChI=1S/C12H15ClFNO4S/c1-2-5-15(7-12(16)17)20(18,19)8-9-3-4-11(14)10(13)6-9/h3-4,6H,2,5,7-8H2,1H3,(H,16,17). The van der Waals surface area contributed by atoms with Gasteiger partial charge in [0.25, 0.3) is 0 Å². The number of hydrogen-bond acceptors (Lipinski definition) is 3. The Labute approximate surface area is 122 Å². The average molecular weight is 324 g/mol. The SMILES string of the molecule is CCCN(CC(=O)O)S(=O)(=O)Cc1ccc(F)c(Cl)c1. The third-order valence-corrected chi connectivity index (χ3v) is 4.60. The number of aliphatic carboxylic acids is 1. The summed E-state index contributed by atoms with van der Waals surface area (Å²) in [4.78, 5) is 10.7. The van der Waals surface area contributed by atoms with Gasteiger partial charge in [-0.3, -0.25) is 4.79 Å². The van der Waals surface area contributed by atoms with E-state index in [0.717, 1.165) is 10.4 Å². The van der Waals surface area contributed by atoms with E-state index in [-0.39, 0.29) is 11.6 Å². The Morgan fingerprint density at radius 3 is 2.60 bits per heavy atom. The molecule has 0 aliphatic rings. The maximum absolute atomic E-state index is 13.0. The molecule has 5 nitrogen and oxygen atoms in total. The van der Waals surface area contributed by atoms with Crippen LogP contribution in [0.4, 0.5) is 4.39 Å². The highest BCUT2D eigenvalue weighted by atomic mass is 35.5. The molecule has 0 aliphatic heterocycles. The molecule has 8 heteroatoms. The number of nitrogens with zero attached hydrogens (tertiary/aromatic N) is 1. The zero-order chi connectivity index (χ0) is 15.3. The van der Waals surface area contributed by atoms with Crippen molar-refractivity contribution in [2.45, 2.75) is 19.1 Å². The number of carboxylic acid groups (broad SMARTS) is 1. The Morgan fingerprint density at radius 2 is 2.10 bits per heavy atom. The summed E-state index contributed by atoms with van der Waals surface area (Å²) in [5, 5.41) is 8.58. The van der Waals surface area contributed by atoms with E-state index in [4.69, 9.17) is 16.7 Å². The monoisotopic (exact) mass is 323 g/mol. The molecule has 0 atom stereocenters. The van der Waals surface area contributed by atoms with Crippen LogP contribution in [0.15, 0.2) is 18.2 Å². The topological polar surface area (TPSA) is 74.7 Å². The van der Waals surface area contributed by atoms with Gasteiger partial charge in [-0.15, -0.1) is 0 Å². The first-order valence-corrected chi connectivity index (χ1v) is 7.88. The lowest BCUT2D eigenvalue weighted by atomic mass is 10.2. The molecule has 0 saturated heterocycles. The zero-order valence-electron chi connectivity index (χ0n) is 10.8. The summed E-state index contributed by atoms with van der Waals surface area (Å²) >= 11 is 5.59. The van der Waals surface area contributed by atoms with Crippen molar-refractivity contribution in [1.82, 2.24) is 4.31 Å². The van der Waals surface area contributed by atoms with Crippen LogP contribution in [0.1, 0.15) is 18.9 Å². The van der Waals surface area contributed by atoms with Gasteiger partial charge in [-0.25, -0.2) is 12.8 Å². The minimum absolute atomic E-state index is 0.115. The first kappa shape index (κ1) is 16.9. The number of halogens is 2. The molecule has 0 saturated carbocycles. The minimum atomic E-state index is -3.79. The van der Waals surface area contributed by atoms with Gasteiger partial charge in [-0.2, -0.15) is 4.31 Å². The van der Waals surface area contributed by atoms with Gasteiger partial charge in [-0.05, 0) is 24.1 Å². The van der Waals surface area contributed by atoms with Crippen LogP contribution in [-0.2, 0) is 20.6 Å². The lowest BCUT2D eigenvalue weighted by molar-refractivity contribution is -0.137. The van der Waals surface area contributed by atoms with Crippen LogP contribution < -0.4 is 0 Å². The van der Waals surface area contributed by atoms with Crippen LogP contribution in [0.3, 0.4) is 0 Å². The molecule has 0 aromatic heterocycles. The van der Waals surface area contributed by atoms with Gasteiger partial charge in [-0.1, -0.05) is 24.6 Å². The molecule has 20 heavy (non-hydrogen) atoms. The summed E-state index contributed by atoms with van der Waals surface area (Å²) in [6.45, 7) is 1.27. The minimum Gasteiger partial charge on any atom is -0.480 e. The molecule has 1 rings (SSSR count). The van der Waals surface area contributed by atoms with Gasteiger partial charge in [0.05, 0.1) is 10.8 Å². The molecule has 0 spiro atoms. The Hall–Kier alpha value is -1.18. The predicted octanol–water partition coefficient (Wildman–Crippen LogP) is 2.11. The molecule has 1 aromatic rings. The van der Waals surface area contributed by atoms with E-state index < -0.39 is 34.1 Å². The third kappa shape index (κ3) is 4.73. The van der Waals surface area contributed by atoms with Crippen LogP contribution in [0.25, 0.3) is 0 Å². The fourth-order valence-corrected chi connectivity index (χ4v) is 3.40. The summed E-state index contributed by atoms with van der Waals surface area (Å²) < 4.78 is 38.2. The molecule has 112 valence electrons. The van der Waals surface area contributed by atoms with E-state index in [0.29, 0.717) is 12.0 Å². The Kier molecular flexibility index (Phi) is 5.91. The summed E-state index contributed by atoms with van der Waals surface area (Å²) in [5.74, 6) is -2.27. The van der Waals surface area contributed by atoms with Crippen molar-refractivity contribution in [2.75, 3.05) is 13.1 Å². The fourth-order valence-electron chi connectivity index (χ4n) is 1.65. The van der Waals surface area contributed by atoms with Crippen molar-refractivity contribution in [3.63, 3.8) is 0 Å². The second-order valence-corrected chi connectivity index (χ2v) is 6.61. The summed E-state index contributed by atoms with van der Waals surface area (Å²) in [7, 11) is -3.79. The highest BCUT2D eigenvalue weighted by molar-refractivity contribution is 7.88. The molecule has 0 fully saturated rings. The molecule has 1 aromatic carbocycles. The van der Waals surface area contributed by atoms with E-state index in [1.54, 1.807) is 6.92 Å². The number of rotatable bonds is 7. The second kappa shape index (κ2) is 7.01. The molecule has 0 radical (unpaired) electrons. The summed E-state index contributed by atoms with van der Waals surface area (Å²) in [6, 6.07) is 3.61. The molecule has 1 N–H and O–H groups in total. The van der Waals surface area contributed by atoms with E-state index in [1.807, 2.05) is 0 Å². The number of hydrogen-bond donors (Lipinski definition) is 1. The highest BCUT2D eigenvalue weighted by Crippen LogP contribution is 2.19. The van der Waals surface area contributed by atoms with Crippen molar-refractivity contribution in [3.05, 3.63) is 34.6 Å². The molecule has 0 bridgehead atoms. The van der Waals surface area contributed by atoms with E-state index in [1.165, 1.54) is 12.1 Å². The first-order valence-electron chi connectivity index (χ1n) is 5.89. The van der Waals surface area contributed by atoms with Crippen LogP contribution in [0.2, 0.25) is 5.02 Å². The quantitative estimate of drug-likeness (QED) is 0.834. The number of benzene rings is 1. The third-order valence-electron chi connectivity index (χ3n) is 2.51. The second-order valence-electron chi connectivity index (χ2n) is 4.23. The summed E-state index contributed by atoms with van der Waals surface area (Å²) in [6.07, 6.45) is 0.497. The number of carbonyl (C=O) groups is 1. The molecule has 0 aliphatic carbocycles. The average Bonchev–Trinajstić information content (AvgIpc) is 2.32.